The van der Waals surface area contributed by atoms with Crippen molar-refractivity contribution in [3.63, 3.8) is 0 Å². The third-order valence-corrected chi connectivity index (χ3v) is 3.00. The van der Waals surface area contributed by atoms with Crippen LogP contribution in [0.5, 0.6) is 0 Å². The molecule has 1 atom stereocenters. The Balaban J connectivity index is 2.26. The van der Waals surface area contributed by atoms with E-state index in [-0.39, 0.29) is 12.2 Å². The van der Waals surface area contributed by atoms with Crippen LogP contribution in [-0.4, -0.2) is 4.98 Å². The predicted molar refractivity (Wildman–Crippen MR) is 69.4 cm³/mol. The molecule has 100 valence electrons. The molecule has 3 N–H and O–H groups in total. The van der Waals surface area contributed by atoms with Gasteiger partial charge in [0, 0.05) is 11.2 Å². The van der Waals surface area contributed by atoms with Gasteiger partial charge in [-0.1, -0.05) is 11.6 Å². The lowest BCUT2D eigenvalue weighted by molar-refractivity contribution is 0.522. The molecule has 0 spiro atoms. The summed E-state index contributed by atoms with van der Waals surface area (Å²) in [4.78, 5) is 3.74. The number of hydrogen-bond acceptors (Lipinski definition) is 3. The predicted octanol–water partition coefficient (Wildman–Crippen LogP) is 2.76. The quantitative estimate of drug-likeness (QED) is 0.670. The molecule has 0 aliphatic rings. The number of rotatable bonds is 4. The van der Waals surface area contributed by atoms with Gasteiger partial charge in [-0.25, -0.2) is 8.78 Å². The van der Waals surface area contributed by atoms with Crippen LogP contribution in [0.3, 0.4) is 0 Å². The zero-order valence-corrected chi connectivity index (χ0v) is 10.7. The van der Waals surface area contributed by atoms with Gasteiger partial charge in [-0.3, -0.25) is 16.3 Å². The Labute approximate surface area is 114 Å². The first-order valence-corrected chi connectivity index (χ1v) is 5.98. The summed E-state index contributed by atoms with van der Waals surface area (Å²) in [6, 6.07) is 5.13. The maximum atomic E-state index is 13.6. The summed E-state index contributed by atoms with van der Waals surface area (Å²) in [5, 5.41) is 0.435. The van der Waals surface area contributed by atoms with Crippen molar-refractivity contribution in [3.05, 3.63) is 64.4 Å². The Morgan fingerprint density at radius 2 is 2.05 bits per heavy atom. The molecule has 6 heteroatoms. The molecule has 1 unspecified atom stereocenters. The third kappa shape index (κ3) is 3.47. The van der Waals surface area contributed by atoms with Crippen molar-refractivity contribution in [3.8, 4) is 0 Å². The standard InChI is InChI=1S/C13H12ClF2N3/c14-10-1-2-12(16)8(3-10)5-13(19-17)9-4-11(15)7-18-6-9/h1-4,6-7,13,19H,5,17H2. The number of nitrogens with zero attached hydrogens (tertiary/aromatic N) is 1. The number of nitrogens with two attached hydrogens (primary N) is 1. The molecule has 0 aliphatic heterocycles. The molecule has 0 saturated carbocycles. The second-order valence-electron chi connectivity index (χ2n) is 4.10. The molecule has 0 radical (unpaired) electrons. The van der Waals surface area contributed by atoms with E-state index in [1.807, 2.05) is 0 Å². The Morgan fingerprint density at radius 1 is 1.26 bits per heavy atom. The number of halogens is 3. The monoisotopic (exact) mass is 283 g/mol. The minimum atomic E-state index is -0.468. The van der Waals surface area contributed by atoms with Crippen molar-refractivity contribution in [2.24, 2.45) is 5.84 Å². The van der Waals surface area contributed by atoms with Crippen molar-refractivity contribution in [1.82, 2.24) is 10.4 Å². The highest BCUT2D eigenvalue weighted by Gasteiger charge is 2.14. The Morgan fingerprint density at radius 3 is 2.74 bits per heavy atom. The lowest BCUT2D eigenvalue weighted by Crippen LogP contribution is -2.30. The topological polar surface area (TPSA) is 50.9 Å². The van der Waals surface area contributed by atoms with E-state index in [9.17, 15) is 8.78 Å². The molecular formula is C13H12ClF2N3. The summed E-state index contributed by atoms with van der Waals surface area (Å²) < 4.78 is 26.8. The fourth-order valence-corrected chi connectivity index (χ4v) is 2.01. The molecule has 0 fully saturated rings. The normalized spacial score (nSPS) is 12.4. The van der Waals surface area contributed by atoms with Crippen LogP contribution in [0.25, 0.3) is 0 Å². The largest absolute Gasteiger partial charge is 0.271 e. The van der Waals surface area contributed by atoms with Crippen LogP contribution in [0.1, 0.15) is 17.2 Å². The van der Waals surface area contributed by atoms with E-state index in [2.05, 4.69) is 10.4 Å². The van der Waals surface area contributed by atoms with Gasteiger partial charge in [0.1, 0.15) is 11.6 Å². The van der Waals surface area contributed by atoms with Crippen molar-refractivity contribution in [2.75, 3.05) is 0 Å². The van der Waals surface area contributed by atoms with Crippen molar-refractivity contribution >= 4 is 11.6 Å². The summed E-state index contributed by atoms with van der Waals surface area (Å²) in [6.45, 7) is 0. The second-order valence-corrected chi connectivity index (χ2v) is 4.53. The van der Waals surface area contributed by atoms with Crippen LogP contribution in [0.15, 0.2) is 36.7 Å². The maximum Gasteiger partial charge on any atom is 0.141 e. The first-order valence-electron chi connectivity index (χ1n) is 5.60. The van der Waals surface area contributed by atoms with E-state index < -0.39 is 11.9 Å². The maximum absolute atomic E-state index is 13.6. The van der Waals surface area contributed by atoms with Crippen molar-refractivity contribution in [2.45, 2.75) is 12.5 Å². The molecule has 0 bridgehead atoms. The van der Waals surface area contributed by atoms with Crippen LogP contribution < -0.4 is 11.3 Å². The van der Waals surface area contributed by atoms with Crippen molar-refractivity contribution in [1.29, 1.82) is 0 Å². The van der Waals surface area contributed by atoms with Crippen LogP contribution >= 0.6 is 11.6 Å². The number of aromatic nitrogens is 1. The summed E-state index contributed by atoms with van der Waals surface area (Å²) in [7, 11) is 0. The SMILES string of the molecule is NNC(Cc1cc(Cl)ccc1F)c1cncc(F)c1. The van der Waals surface area contributed by atoms with Gasteiger partial charge in [0.15, 0.2) is 0 Å². The first-order chi connectivity index (χ1) is 9.10. The average Bonchev–Trinajstić information content (AvgIpc) is 2.39. The minimum absolute atomic E-state index is 0.244. The fraction of sp³-hybridized carbons (Fsp3) is 0.154. The molecule has 19 heavy (non-hydrogen) atoms. The van der Waals surface area contributed by atoms with Gasteiger partial charge in [0.05, 0.1) is 12.2 Å². The average molecular weight is 284 g/mol. The minimum Gasteiger partial charge on any atom is -0.271 e. The smallest absolute Gasteiger partial charge is 0.141 e. The summed E-state index contributed by atoms with van der Waals surface area (Å²) in [5.41, 5.74) is 3.47. The molecule has 1 aromatic heterocycles. The molecule has 0 aliphatic carbocycles. The number of pyridine rings is 1. The van der Waals surface area contributed by atoms with Crippen LogP contribution in [0.2, 0.25) is 5.02 Å². The molecule has 3 nitrogen and oxygen atoms in total. The zero-order valence-electron chi connectivity index (χ0n) is 9.91. The summed E-state index contributed by atoms with van der Waals surface area (Å²) in [6.07, 6.45) is 2.82. The fourth-order valence-electron chi connectivity index (χ4n) is 1.81. The van der Waals surface area contributed by atoms with Gasteiger partial charge in [-0.2, -0.15) is 0 Å². The highest BCUT2D eigenvalue weighted by molar-refractivity contribution is 6.30. The van der Waals surface area contributed by atoms with E-state index in [4.69, 9.17) is 17.4 Å². The second kappa shape index (κ2) is 6.06. The molecule has 1 aromatic carbocycles. The molecule has 2 aromatic rings. The van der Waals surface area contributed by atoms with Gasteiger partial charge in [-0.05, 0) is 41.8 Å². The van der Waals surface area contributed by atoms with E-state index >= 15 is 0 Å². The summed E-state index contributed by atoms with van der Waals surface area (Å²) in [5.74, 6) is 4.59. The van der Waals surface area contributed by atoms with Crippen LogP contribution in [-0.2, 0) is 6.42 Å². The number of benzene rings is 1. The van der Waals surface area contributed by atoms with Gasteiger partial charge in [0.25, 0.3) is 0 Å². The lowest BCUT2D eigenvalue weighted by Gasteiger charge is -2.16. The van der Waals surface area contributed by atoms with E-state index in [0.29, 0.717) is 16.1 Å². The molecule has 1 heterocycles. The Hall–Kier alpha value is -1.56. The van der Waals surface area contributed by atoms with Gasteiger partial charge >= 0.3 is 0 Å². The van der Waals surface area contributed by atoms with Crippen LogP contribution in [0, 0.1) is 11.6 Å². The highest BCUT2D eigenvalue weighted by Crippen LogP contribution is 2.22. The molecule has 2 rings (SSSR count). The van der Waals surface area contributed by atoms with E-state index in [1.165, 1.54) is 30.5 Å². The summed E-state index contributed by atoms with van der Waals surface area (Å²) >= 11 is 5.82. The number of hydrazine groups is 1. The molecular weight excluding hydrogens is 272 g/mol. The van der Waals surface area contributed by atoms with Gasteiger partial charge in [-0.15, -0.1) is 0 Å². The Kier molecular flexibility index (Phi) is 4.42. The highest BCUT2D eigenvalue weighted by atomic mass is 35.5. The van der Waals surface area contributed by atoms with Crippen molar-refractivity contribution < 1.29 is 8.78 Å². The lowest BCUT2D eigenvalue weighted by atomic mass is 10.0. The third-order valence-electron chi connectivity index (χ3n) is 2.76. The van der Waals surface area contributed by atoms with E-state index in [1.54, 1.807) is 0 Å². The zero-order chi connectivity index (χ0) is 13.8. The molecule has 0 saturated heterocycles. The first kappa shape index (κ1) is 13.9. The van der Waals surface area contributed by atoms with Gasteiger partial charge < -0.3 is 0 Å². The van der Waals surface area contributed by atoms with Crippen LogP contribution in [0.4, 0.5) is 8.78 Å². The number of nitrogens with one attached hydrogen (secondary N) is 1. The van der Waals surface area contributed by atoms with E-state index in [0.717, 1.165) is 6.20 Å². The van der Waals surface area contributed by atoms with Gasteiger partial charge in [0.2, 0.25) is 0 Å². The Bertz CT molecular complexity index is 578. The number of hydrogen-bond donors (Lipinski definition) is 2. The molecule has 0 amide bonds.